The first-order valence-electron chi connectivity index (χ1n) is 5.41. The minimum atomic E-state index is -0.825. The van der Waals surface area contributed by atoms with E-state index in [-0.39, 0.29) is 11.8 Å². The molecule has 2 unspecified atom stereocenters. The Balaban J connectivity index is 2.78. The minimum Gasteiger partial charge on any atom is -0.356 e. The van der Waals surface area contributed by atoms with Gasteiger partial charge in [0, 0.05) is 47.7 Å². The maximum atomic E-state index is 11.2. The van der Waals surface area contributed by atoms with Crippen LogP contribution in [0.15, 0.2) is 18.3 Å². The molecule has 0 fully saturated rings. The highest BCUT2D eigenvalue weighted by molar-refractivity contribution is 7.84. The summed E-state index contributed by atoms with van der Waals surface area (Å²) in [4.78, 5) is 17.3. The van der Waals surface area contributed by atoms with Gasteiger partial charge in [-0.3, -0.25) is 9.00 Å². The quantitative estimate of drug-likeness (QED) is 0.747. The average molecular weight is 254 g/mol. The van der Waals surface area contributed by atoms with Crippen molar-refractivity contribution in [1.29, 1.82) is 0 Å². The molecule has 4 nitrogen and oxygen atoms in total. The molecule has 0 aromatic carbocycles. The molecule has 2 atom stereocenters. The zero-order valence-electron chi connectivity index (χ0n) is 10.6. The molecule has 0 aliphatic carbocycles. The maximum Gasteiger partial charge on any atom is 0.161 e. The van der Waals surface area contributed by atoms with Gasteiger partial charge >= 0.3 is 0 Å². The number of hydrogen-bond acceptors (Lipinski definition) is 4. The Kier molecular flexibility index (Phi) is 4.81. The average Bonchev–Trinajstić information content (AvgIpc) is 2.27. The summed E-state index contributed by atoms with van der Waals surface area (Å²) >= 11 is 0. The van der Waals surface area contributed by atoms with Gasteiger partial charge in [0.15, 0.2) is 5.78 Å². The molecular weight excluding hydrogens is 236 g/mol. The Bertz CT molecular complexity index is 417. The predicted molar refractivity (Wildman–Crippen MR) is 71.0 cm³/mol. The van der Waals surface area contributed by atoms with Gasteiger partial charge in [-0.15, -0.1) is 0 Å². The lowest BCUT2D eigenvalue weighted by molar-refractivity contribution is 0.101. The summed E-state index contributed by atoms with van der Waals surface area (Å²) in [6.45, 7) is 3.52. The number of carbonyl (C=O) groups excluding carboxylic acids is 1. The van der Waals surface area contributed by atoms with Gasteiger partial charge < -0.3 is 4.90 Å². The molecule has 0 aliphatic rings. The number of anilines is 1. The Morgan fingerprint density at radius 3 is 2.59 bits per heavy atom. The molecule has 0 bridgehead atoms. The van der Waals surface area contributed by atoms with Crippen molar-refractivity contribution in [3.05, 3.63) is 23.9 Å². The number of rotatable bonds is 5. The highest BCUT2D eigenvalue weighted by Crippen LogP contribution is 2.13. The fraction of sp³-hybridized carbons (Fsp3) is 0.500. The molecule has 0 amide bonds. The third-order valence-corrected chi connectivity index (χ3v) is 3.60. The van der Waals surface area contributed by atoms with E-state index in [2.05, 4.69) is 4.98 Å². The third-order valence-electron chi connectivity index (χ3n) is 2.65. The van der Waals surface area contributed by atoms with Gasteiger partial charge in [0.25, 0.3) is 0 Å². The highest BCUT2D eigenvalue weighted by Gasteiger charge is 2.12. The second-order valence-electron chi connectivity index (χ2n) is 4.16. The first-order chi connectivity index (χ1) is 7.91. The van der Waals surface area contributed by atoms with Gasteiger partial charge in [0.1, 0.15) is 5.82 Å². The lowest BCUT2D eigenvalue weighted by Gasteiger charge is -2.25. The molecule has 1 aromatic heterocycles. The summed E-state index contributed by atoms with van der Waals surface area (Å²) in [7, 11) is 1.08. The Morgan fingerprint density at radius 1 is 1.53 bits per heavy atom. The number of pyridine rings is 1. The predicted octanol–water partition coefficient (Wildman–Crippen LogP) is 1.49. The van der Waals surface area contributed by atoms with Crippen LogP contribution in [0.3, 0.4) is 0 Å². The van der Waals surface area contributed by atoms with Gasteiger partial charge in [-0.05, 0) is 26.0 Å². The molecule has 5 heteroatoms. The van der Waals surface area contributed by atoms with E-state index >= 15 is 0 Å². The van der Waals surface area contributed by atoms with Crippen LogP contribution in [0.4, 0.5) is 5.82 Å². The SMILES string of the molecule is CC(=O)c1ccc(N(C)C(C)CS(C)=O)nc1. The van der Waals surface area contributed by atoms with Crippen LogP contribution in [0, 0.1) is 0 Å². The highest BCUT2D eigenvalue weighted by atomic mass is 32.2. The molecule has 0 aliphatic heterocycles. The molecule has 1 rings (SSSR count). The lowest BCUT2D eigenvalue weighted by atomic mass is 10.2. The molecule has 0 spiro atoms. The largest absolute Gasteiger partial charge is 0.356 e. The molecule has 17 heavy (non-hydrogen) atoms. The van der Waals surface area contributed by atoms with Crippen LogP contribution in [0.1, 0.15) is 24.2 Å². The van der Waals surface area contributed by atoms with Crippen LogP contribution in [0.2, 0.25) is 0 Å². The Morgan fingerprint density at radius 2 is 2.18 bits per heavy atom. The van der Waals surface area contributed by atoms with E-state index in [1.54, 1.807) is 18.5 Å². The number of ketones is 1. The van der Waals surface area contributed by atoms with E-state index in [0.29, 0.717) is 11.3 Å². The van der Waals surface area contributed by atoms with Crippen molar-refractivity contribution < 1.29 is 9.00 Å². The van der Waals surface area contributed by atoms with Crippen molar-refractivity contribution in [1.82, 2.24) is 4.98 Å². The normalized spacial score (nSPS) is 14.1. The van der Waals surface area contributed by atoms with E-state index in [0.717, 1.165) is 5.82 Å². The summed E-state index contributed by atoms with van der Waals surface area (Å²) in [6.07, 6.45) is 3.26. The second-order valence-corrected chi connectivity index (χ2v) is 5.64. The second kappa shape index (κ2) is 5.91. The zero-order valence-corrected chi connectivity index (χ0v) is 11.5. The fourth-order valence-electron chi connectivity index (χ4n) is 1.48. The number of hydrogen-bond donors (Lipinski definition) is 0. The van der Waals surface area contributed by atoms with Gasteiger partial charge in [-0.1, -0.05) is 0 Å². The Hall–Kier alpha value is -1.23. The molecule has 0 saturated carbocycles. The lowest BCUT2D eigenvalue weighted by Crippen LogP contribution is -2.33. The molecular formula is C12H18N2O2S. The van der Waals surface area contributed by atoms with E-state index in [4.69, 9.17) is 0 Å². The number of nitrogens with zero attached hydrogens (tertiary/aromatic N) is 2. The van der Waals surface area contributed by atoms with Gasteiger partial charge in [-0.25, -0.2) is 4.98 Å². The van der Waals surface area contributed by atoms with E-state index in [9.17, 15) is 9.00 Å². The molecule has 94 valence electrons. The standard InChI is InChI=1S/C12H18N2O2S/c1-9(8-17(4)16)14(3)12-6-5-11(7-13-12)10(2)15/h5-7,9H,8H2,1-4H3. The first kappa shape index (κ1) is 13.8. The van der Waals surface area contributed by atoms with E-state index in [1.807, 2.05) is 24.9 Å². The van der Waals surface area contributed by atoms with Crippen molar-refractivity contribution in [3.63, 3.8) is 0 Å². The molecule has 0 saturated heterocycles. The van der Waals surface area contributed by atoms with Crippen LogP contribution < -0.4 is 4.90 Å². The van der Waals surface area contributed by atoms with Crippen LogP contribution >= 0.6 is 0 Å². The zero-order chi connectivity index (χ0) is 13.0. The summed E-state index contributed by atoms with van der Waals surface area (Å²) in [5, 5.41) is 0. The number of carbonyl (C=O) groups is 1. The minimum absolute atomic E-state index is 0.00872. The summed E-state index contributed by atoms with van der Waals surface area (Å²) in [6, 6.07) is 3.72. The summed E-state index contributed by atoms with van der Waals surface area (Å²) in [5.41, 5.74) is 0.605. The van der Waals surface area contributed by atoms with Gasteiger partial charge in [0.05, 0.1) is 0 Å². The van der Waals surface area contributed by atoms with Crippen molar-refractivity contribution in [2.45, 2.75) is 19.9 Å². The molecule has 0 radical (unpaired) electrons. The number of Topliss-reactive ketones (excluding diaryl/α,β-unsaturated/α-hetero) is 1. The monoisotopic (exact) mass is 254 g/mol. The van der Waals surface area contributed by atoms with Crippen molar-refractivity contribution in [2.24, 2.45) is 0 Å². The van der Waals surface area contributed by atoms with Crippen molar-refractivity contribution >= 4 is 22.4 Å². The van der Waals surface area contributed by atoms with Crippen LogP contribution in [0.5, 0.6) is 0 Å². The van der Waals surface area contributed by atoms with Crippen LogP contribution in [-0.2, 0) is 10.8 Å². The van der Waals surface area contributed by atoms with Crippen molar-refractivity contribution in [2.75, 3.05) is 24.0 Å². The van der Waals surface area contributed by atoms with Crippen LogP contribution in [-0.4, -0.2) is 40.1 Å². The number of aromatic nitrogens is 1. The topological polar surface area (TPSA) is 50.3 Å². The first-order valence-corrected chi connectivity index (χ1v) is 7.14. The molecule has 1 aromatic rings. The van der Waals surface area contributed by atoms with E-state index in [1.165, 1.54) is 6.92 Å². The maximum absolute atomic E-state index is 11.2. The summed E-state index contributed by atoms with van der Waals surface area (Å²) in [5.74, 6) is 1.40. The van der Waals surface area contributed by atoms with Gasteiger partial charge in [0.2, 0.25) is 0 Å². The molecule has 0 N–H and O–H groups in total. The van der Waals surface area contributed by atoms with Crippen molar-refractivity contribution in [3.8, 4) is 0 Å². The molecule has 1 heterocycles. The summed E-state index contributed by atoms with van der Waals surface area (Å²) < 4.78 is 11.2. The van der Waals surface area contributed by atoms with Gasteiger partial charge in [-0.2, -0.15) is 0 Å². The smallest absolute Gasteiger partial charge is 0.161 e. The van der Waals surface area contributed by atoms with Crippen LogP contribution in [0.25, 0.3) is 0 Å². The fourth-order valence-corrected chi connectivity index (χ4v) is 2.38. The van der Waals surface area contributed by atoms with E-state index < -0.39 is 10.8 Å². The third kappa shape index (κ3) is 3.93. The Labute approximate surface area is 105 Å².